The zero-order valence-corrected chi connectivity index (χ0v) is 18.8. The third kappa shape index (κ3) is 4.13. The lowest BCUT2D eigenvalue weighted by atomic mass is 9.94. The molecule has 2 aromatic heterocycles. The van der Waals surface area contributed by atoms with E-state index in [0.717, 1.165) is 18.5 Å². The van der Waals surface area contributed by atoms with Crippen molar-refractivity contribution in [3.05, 3.63) is 54.0 Å². The molecule has 0 saturated heterocycles. The van der Waals surface area contributed by atoms with Crippen molar-refractivity contribution in [1.82, 2.24) is 14.3 Å². The predicted octanol–water partition coefficient (Wildman–Crippen LogP) is 3.92. The van der Waals surface area contributed by atoms with Crippen LogP contribution in [0.1, 0.15) is 62.7 Å². The van der Waals surface area contributed by atoms with Crippen LogP contribution in [0.15, 0.2) is 48.5 Å². The Morgan fingerprint density at radius 3 is 2.77 bits per heavy atom. The first kappa shape index (κ1) is 21.6. The van der Waals surface area contributed by atoms with Crippen LogP contribution in [0.3, 0.4) is 0 Å². The first-order chi connectivity index (χ1) is 14.8. The Bertz CT molecular complexity index is 1140. The molecule has 2 aliphatic carbocycles. The van der Waals surface area contributed by atoms with E-state index in [1.807, 2.05) is 12.2 Å². The summed E-state index contributed by atoms with van der Waals surface area (Å²) in [6, 6.07) is 3.74. The smallest absolute Gasteiger partial charge is 0.339 e. The molecule has 0 bridgehead atoms. The van der Waals surface area contributed by atoms with Crippen molar-refractivity contribution < 1.29 is 17.9 Å². The van der Waals surface area contributed by atoms with Gasteiger partial charge in [0.15, 0.2) is 5.65 Å². The second kappa shape index (κ2) is 8.49. The van der Waals surface area contributed by atoms with Crippen molar-refractivity contribution in [2.45, 2.75) is 63.2 Å². The number of fused-ring (bicyclic) bond motifs is 1. The number of rotatable bonds is 6. The Hall–Kier alpha value is -2.61. The minimum Gasteiger partial charge on any atom is -0.462 e. The molecule has 1 fully saturated rings. The molecule has 2 heterocycles. The predicted molar refractivity (Wildman–Crippen MR) is 120 cm³/mol. The molecule has 4 rings (SSSR count). The zero-order chi connectivity index (χ0) is 22.1. The van der Waals surface area contributed by atoms with Gasteiger partial charge in [-0.2, -0.15) is 0 Å². The highest BCUT2D eigenvalue weighted by molar-refractivity contribution is 7.91. The molecule has 166 valence electrons. The van der Waals surface area contributed by atoms with Gasteiger partial charge in [0, 0.05) is 29.5 Å². The summed E-state index contributed by atoms with van der Waals surface area (Å²) in [6.45, 7) is 3.73. The quantitative estimate of drug-likeness (QED) is 0.681. The molecule has 1 N–H and O–H groups in total. The first-order valence-electron chi connectivity index (χ1n) is 10.9. The minimum atomic E-state index is -3.77. The van der Waals surface area contributed by atoms with Crippen molar-refractivity contribution in [2.24, 2.45) is 0 Å². The topological polar surface area (TPSA) is 90.3 Å². The number of hydrogen-bond acceptors (Lipinski definition) is 6. The Labute approximate surface area is 183 Å². The van der Waals surface area contributed by atoms with Crippen LogP contribution in [-0.4, -0.2) is 40.7 Å². The van der Waals surface area contributed by atoms with Crippen LogP contribution in [0.2, 0.25) is 0 Å². The maximum atomic E-state index is 13.5. The molecule has 0 aromatic carbocycles. The molecule has 7 nitrogen and oxygen atoms in total. The van der Waals surface area contributed by atoms with Gasteiger partial charge in [-0.25, -0.2) is 22.2 Å². The van der Waals surface area contributed by atoms with Crippen LogP contribution >= 0.6 is 0 Å². The molecule has 2 aromatic rings. The summed E-state index contributed by atoms with van der Waals surface area (Å²) in [5.41, 5.74) is 1.60. The average Bonchev–Trinajstić information content (AvgIpc) is 3.20. The first-order valence-corrected chi connectivity index (χ1v) is 12.3. The average molecular weight is 444 g/mol. The van der Waals surface area contributed by atoms with E-state index in [-0.39, 0.29) is 6.61 Å². The van der Waals surface area contributed by atoms with Crippen LogP contribution in [0.4, 0.5) is 0 Å². The number of ether oxygens (including phenoxy) is 1. The van der Waals surface area contributed by atoms with Gasteiger partial charge in [0.1, 0.15) is 4.75 Å². The van der Waals surface area contributed by atoms with Gasteiger partial charge in [0.25, 0.3) is 0 Å². The second-order valence-corrected chi connectivity index (χ2v) is 10.7. The van der Waals surface area contributed by atoms with Gasteiger partial charge in [0.05, 0.1) is 12.2 Å². The number of esters is 1. The summed E-state index contributed by atoms with van der Waals surface area (Å²) in [7, 11) is -3.77. The summed E-state index contributed by atoms with van der Waals surface area (Å²) in [5, 5.41) is 4.13. The van der Waals surface area contributed by atoms with Gasteiger partial charge in [-0.3, -0.25) is 0 Å². The van der Waals surface area contributed by atoms with E-state index in [1.165, 1.54) is 35.6 Å². The van der Waals surface area contributed by atoms with Crippen LogP contribution in [0.25, 0.3) is 11.0 Å². The highest BCUT2D eigenvalue weighted by atomic mass is 32.2. The van der Waals surface area contributed by atoms with Crippen molar-refractivity contribution in [3.63, 3.8) is 0 Å². The van der Waals surface area contributed by atoms with Crippen molar-refractivity contribution in [3.8, 4) is 0 Å². The monoisotopic (exact) mass is 443 g/mol. The van der Waals surface area contributed by atoms with Crippen molar-refractivity contribution in [2.75, 3.05) is 6.61 Å². The van der Waals surface area contributed by atoms with E-state index in [9.17, 15) is 13.2 Å². The van der Waals surface area contributed by atoms with Crippen LogP contribution in [-0.2, 0) is 14.8 Å². The highest BCUT2D eigenvalue weighted by Gasteiger charge is 2.39. The SMILES string of the molecule is CCOC(=O)c1cnc2c(ccn2S(=O)(=O)C2(C)C=CC(NC3CCCCC3)=CC2)c1. The fourth-order valence-electron chi connectivity index (χ4n) is 4.24. The standard InChI is InChI=1S/C23H29N3O4S/c1-3-30-22(27)18-15-17-11-14-26(21(17)24-16-18)31(28,29)23(2)12-9-20(10-13-23)25-19-7-5-4-6-8-19/h9-12,14-16,19,25H,3-8,13H2,1-2H3. The molecule has 0 aliphatic heterocycles. The van der Waals surface area contributed by atoms with Gasteiger partial charge in [-0.05, 0) is 51.3 Å². The lowest BCUT2D eigenvalue weighted by Crippen LogP contribution is -2.39. The molecule has 8 heteroatoms. The Kier molecular flexibility index (Phi) is 5.92. The maximum absolute atomic E-state index is 13.5. The van der Waals surface area contributed by atoms with Gasteiger partial charge in [0.2, 0.25) is 10.0 Å². The van der Waals surface area contributed by atoms with E-state index >= 15 is 0 Å². The van der Waals surface area contributed by atoms with Gasteiger partial charge < -0.3 is 10.1 Å². The molecular weight excluding hydrogens is 414 g/mol. The number of allylic oxidation sites excluding steroid dienone is 2. The Morgan fingerprint density at radius 1 is 1.32 bits per heavy atom. The highest BCUT2D eigenvalue weighted by Crippen LogP contribution is 2.32. The summed E-state index contributed by atoms with van der Waals surface area (Å²) >= 11 is 0. The molecular formula is C23H29N3O4S. The lowest BCUT2D eigenvalue weighted by molar-refractivity contribution is 0.0526. The second-order valence-electron chi connectivity index (χ2n) is 8.46. The number of hydrogen-bond donors (Lipinski definition) is 1. The summed E-state index contributed by atoms with van der Waals surface area (Å²) in [4.78, 5) is 16.2. The van der Waals surface area contributed by atoms with Gasteiger partial charge in [-0.1, -0.05) is 31.4 Å². The number of carbonyl (C=O) groups is 1. The minimum absolute atomic E-state index is 0.266. The largest absolute Gasteiger partial charge is 0.462 e. The molecule has 0 amide bonds. The molecule has 1 saturated carbocycles. The fraction of sp³-hybridized carbons (Fsp3) is 0.478. The van der Waals surface area contributed by atoms with Gasteiger partial charge >= 0.3 is 5.97 Å². The number of nitrogens with one attached hydrogen (secondary N) is 1. The number of aromatic nitrogens is 2. The Balaban J connectivity index is 1.56. The molecule has 31 heavy (non-hydrogen) atoms. The third-order valence-electron chi connectivity index (χ3n) is 6.17. The number of carbonyl (C=O) groups excluding carboxylic acids is 1. The lowest BCUT2D eigenvalue weighted by Gasteiger charge is -2.30. The summed E-state index contributed by atoms with van der Waals surface area (Å²) in [6.07, 6.45) is 15.0. The van der Waals surface area contributed by atoms with Crippen LogP contribution in [0.5, 0.6) is 0 Å². The van der Waals surface area contributed by atoms with Gasteiger partial charge in [-0.15, -0.1) is 0 Å². The molecule has 0 spiro atoms. The Morgan fingerprint density at radius 2 is 2.10 bits per heavy atom. The normalized spacial score (nSPS) is 22.3. The molecule has 0 radical (unpaired) electrons. The molecule has 1 unspecified atom stereocenters. The third-order valence-corrected chi connectivity index (χ3v) is 8.47. The maximum Gasteiger partial charge on any atom is 0.339 e. The van der Waals surface area contributed by atoms with E-state index in [1.54, 1.807) is 32.1 Å². The van der Waals surface area contributed by atoms with Crippen molar-refractivity contribution >= 4 is 27.0 Å². The number of pyridine rings is 1. The number of nitrogens with zero attached hydrogens (tertiary/aromatic N) is 2. The van der Waals surface area contributed by atoms with E-state index in [0.29, 0.717) is 29.1 Å². The van der Waals surface area contributed by atoms with E-state index in [4.69, 9.17) is 4.74 Å². The zero-order valence-electron chi connectivity index (χ0n) is 18.0. The molecule has 1 atom stereocenters. The van der Waals surface area contributed by atoms with Crippen LogP contribution < -0.4 is 5.32 Å². The fourth-order valence-corrected chi connectivity index (χ4v) is 5.82. The summed E-state index contributed by atoms with van der Waals surface area (Å²) in [5.74, 6) is -0.474. The van der Waals surface area contributed by atoms with E-state index < -0.39 is 20.7 Å². The van der Waals surface area contributed by atoms with Crippen LogP contribution in [0, 0.1) is 0 Å². The van der Waals surface area contributed by atoms with E-state index in [2.05, 4.69) is 10.3 Å². The molecule has 2 aliphatic rings. The van der Waals surface area contributed by atoms with Crippen molar-refractivity contribution in [1.29, 1.82) is 0 Å². The summed E-state index contributed by atoms with van der Waals surface area (Å²) < 4.78 is 32.2.